The predicted molar refractivity (Wildman–Crippen MR) is 192 cm³/mol. The third kappa shape index (κ3) is 4.13. The zero-order valence-corrected chi connectivity index (χ0v) is 26.6. The van der Waals surface area contributed by atoms with Crippen LogP contribution >= 0.6 is 0 Å². The van der Waals surface area contributed by atoms with Crippen LogP contribution in [0.5, 0.6) is 0 Å². The van der Waals surface area contributed by atoms with E-state index >= 15 is 0 Å². The first-order valence-electron chi connectivity index (χ1n) is 16.2. The number of nitrogens with zero attached hydrogens (tertiary/aromatic N) is 1. The van der Waals surface area contributed by atoms with Crippen LogP contribution in [0.15, 0.2) is 117 Å². The summed E-state index contributed by atoms with van der Waals surface area (Å²) in [6.45, 7) is 8.46. The number of pyridine rings is 1. The van der Waals surface area contributed by atoms with Gasteiger partial charge < -0.3 is 4.42 Å². The van der Waals surface area contributed by atoms with E-state index in [0.717, 1.165) is 68.0 Å². The van der Waals surface area contributed by atoms with Crippen LogP contribution in [-0.4, -0.2) is 4.57 Å². The van der Waals surface area contributed by atoms with Crippen molar-refractivity contribution >= 4 is 49.1 Å². The monoisotopic (exact) mass is 601 g/mol. The highest BCUT2D eigenvalue weighted by atomic mass is 16.3. The number of aromatic nitrogens is 1. The van der Waals surface area contributed by atoms with Crippen LogP contribution in [0.1, 0.15) is 69.1 Å². The van der Waals surface area contributed by atoms with Gasteiger partial charge in [0.15, 0.2) is 0 Å². The Bertz CT molecular complexity index is 2480. The van der Waals surface area contributed by atoms with Crippen LogP contribution in [-0.2, 0) is 0 Å². The molecule has 4 heteroatoms. The fraction of sp³-hybridized carbons (Fsp3) is 0.190. The standard InChI is InChI=1S/C42H35NO3/c1-24(2)28-19-13-20-29(25(3)4)39(28)43-41(44)33-22-31(26-14-7-5-8-15-26)36-30-18-11-12-21-35(30)46-40-32(27-16-9-6-10-17-27)23-34(42(43)45)37(33)38(36)40/h5,7-9,11-25H,6,10H2,1-4H3. The third-order valence-corrected chi connectivity index (χ3v) is 9.55. The molecule has 7 aromatic rings. The maximum atomic E-state index is 15.0. The molecular weight excluding hydrogens is 566 g/mol. The van der Waals surface area contributed by atoms with Crippen molar-refractivity contribution in [2.45, 2.75) is 52.4 Å². The second-order valence-electron chi connectivity index (χ2n) is 13.0. The number of allylic oxidation sites excluding steroid dienone is 4. The molecule has 5 aromatic carbocycles. The Labute approximate surface area is 267 Å². The van der Waals surface area contributed by atoms with E-state index in [2.05, 4.69) is 64.1 Å². The van der Waals surface area contributed by atoms with E-state index in [4.69, 9.17) is 4.42 Å². The van der Waals surface area contributed by atoms with Crippen LogP contribution in [0, 0.1) is 0 Å². The summed E-state index contributed by atoms with van der Waals surface area (Å²) in [4.78, 5) is 29.9. The van der Waals surface area contributed by atoms with Gasteiger partial charge in [-0.1, -0.05) is 113 Å². The van der Waals surface area contributed by atoms with Gasteiger partial charge in [-0.2, -0.15) is 0 Å². The molecule has 0 amide bonds. The summed E-state index contributed by atoms with van der Waals surface area (Å²) >= 11 is 0. The van der Waals surface area contributed by atoms with Crippen molar-refractivity contribution in [1.82, 2.24) is 4.57 Å². The zero-order valence-electron chi connectivity index (χ0n) is 26.6. The molecule has 46 heavy (non-hydrogen) atoms. The maximum Gasteiger partial charge on any atom is 0.266 e. The maximum absolute atomic E-state index is 15.0. The normalized spacial score (nSPS) is 13.7. The number of fused-ring (bicyclic) bond motifs is 2. The average Bonchev–Trinajstić information content (AvgIpc) is 3.08. The van der Waals surface area contributed by atoms with E-state index in [1.165, 1.54) is 4.57 Å². The molecule has 0 bridgehead atoms. The summed E-state index contributed by atoms with van der Waals surface area (Å²) in [5.41, 5.74) is 7.40. The van der Waals surface area contributed by atoms with E-state index in [1.54, 1.807) is 0 Å². The van der Waals surface area contributed by atoms with Gasteiger partial charge in [0.2, 0.25) is 0 Å². The number of rotatable bonds is 5. The molecule has 0 saturated heterocycles. The number of para-hydroxylation sites is 2. The number of benzene rings is 5. The Balaban J connectivity index is 1.67. The lowest BCUT2D eigenvalue weighted by molar-refractivity contribution is 0.661. The smallest absolute Gasteiger partial charge is 0.266 e. The Hall–Kier alpha value is -5.22. The first-order chi connectivity index (χ1) is 22.3. The van der Waals surface area contributed by atoms with Gasteiger partial charge in [-0.25, -0.2) is 4.57 Å². The quantitative estimate of drug-likeness (QED) is 0.146. The molecule has 0 atom stereocenters. The van der Waals surface area contributed by atoms with E-state index < -0.39 is 0 Å². The SMILES string of the molecule is CC(C)c1cccc(C(C)C)c1-n1c(=O)c2cc(C3=CCCC=C3)c3oc4ccccc4c4c(-c5ccccc5)cc(c1=O)c2c34. The van der Waals surface area contributed by atoms with Crippen molar-refractivity contribution < 1.29 is 4.42 Å². The van der Waals surface area contributed by atoms with Crippen LogP contribution in [0.2, 0.25) is 0 Å². The summed E-state index contributed by atoms with van der Waals surface area (Å²) in [5, 5.41) is 4.48. The van der Waals surface area contributed by atoms with Crippen LogP contribution in [0.25, 0.3) is 65.9 Å². The van der Waals surface area contributed by atoms with Crippen molar-refractivity contribution in [3.05, 3.63) is 141 Å². The summed E-state index contributed by atoms with van der Waals surface area (Å²) in [6, 6.07) is 28.4. The topological polar surface area (TPSA) is 52.2 Å². The lowest BCUT2D eigenvalue weighted by Crippen LogP contribution is -2.34. The Morgan fingerprint density at radius 3 is 1.96 bits per heavy atom. The van der Waals surface area contributed by atoms with Gasteiger partial charge in [-0.05, 0) is 70.7 Å². The van der Waals surface area contributed by atoms with Crippen molar-refractivity contribution in [2.75, 3.05) is 0 Å². The van der Waals surface area contributed by atoms with Gasteiger partial charge in [0.25, 0.3) is 11.1 Å². The molecule has 0 saturated carbocycles. The molecule has 2 heterocycles. The van der Waals surface area contributed by atoms with E-state index in [-0.39, 0.29) is 23.0 Å². The third-order valence-electron chi connectivity index (χ3n) is 9.55. The van der Waals surface area contributed by atoms with Gasteiger partial charge in [0.05, 0.1) is 5.69 Å². The van der Waals surface area contributed by atoms with Crippen molar-refractivity contribution in [2.24, 2.45) is 0 Å². The van der Waals surface area contributed by atoms with E-state index in [0.29, 0.717) is 27.4 Å². The second kappa shape index (κ2) is 10.7. The second-order valence-corrected chi connectivity index (χ2v) is 13.0. The highest BCUT2D eigenvalue weighted by Crippen LogP contribution is 2.45. The highest BCUT2D eigenvalue weighted by molar-refractivity contribution is 6.31. The molecular formula is C42H35NO3. The predicted octanol–water partition coefficient (Wildman–Crippen LogP) is 10.5. The van der Waals surface area contributed by atoms with Crippen LogP contribution < -0.4 is 11.1 Å². The molecule has 0 fully saturated rings. The summed E-state index contributed by atoms with van der Waals surface area (Å²) < 4.78 is 8.24. The van der Waals surface area contributed by atoms with E-state index in [1.807, 2.05) is 66.7 Å². The Kier molecular flexibility index (Phi) is 6.57. The molecule has 0 aliphatic heterocycles. The van der Waals surface area contributed by atoms with Gasteiger partial charge in [-0.3, -0.25) is 9.59 Å². The molecule has 226 valence electrons. The first kappa shape index (κ1) is 28.3. The summed E-state index contributed by atoms with van der Waals surface area (Å²) in [6.07, 6.45) is 8.40. The van der Waals surface area contributed by atoms with Gasteiger partial charge >= 0.3 is 0 Å². The van der Waals surface area contributed by atoms with Crippen molar-refractivity contribution in [3.63, 3.8) is 0 Å². The molecule has 0 N–H and O–H groups in total. The lowest BCUT2D eigenvalue weighted by atomic mass is 9.86. The van der Waals surface area contributed by atoms with Crippen LogP contribution in [0.4, 0.5) is 0 Å². The minimum atomic E-state index is -0.300. The molecule has 0 radical (unpaired) electrons. The molecule has 8 rings (SSSR count). The molecule has 4 nitrogen and oxygen atoms in total. The molecule has 0 unspecified atom stereocenters. The Morgan fingerprint density at radius 2 is 1.30 bits per heavy atom. The van der Waals surface area contributed by atoms with Crippen molar-refractivity contribution in [3.8, 4) is 16.8 Å². The summed E-state index contributed by atoms with van der Waals surface area (Å²) in [7, 11) is 0. The van der Waals surface area contributed by atoms with Gasteiger partial charge in [0.1, 0.15) is 11.2 Å². The van der Waals surface area contributed by atoms with Gasteiger partial charge in [-0.15, -0.1) is 0 Å². The lowest BCUT2D eigenvalue weighted by Gasteiger charge is -2.23. The summed E-state index contributed by atoms with van der Waals surface area (Å²) in [5.74, 6) is 0.230. The fourth-order valence-corrected chi connectivity index (χ4v) is 7.38. The van der Waals surface area contributed by atoms with Gasteiger partial charge in [0, 0.05) is 37.9 Å². The average molecular weight is 602 g/mol. The number of hydrogen-bond acceptors (Lipinski definition) is 3. The first-order valence-corrected chi connectivity index (χ1v) is 16.2. The Morgan fingerprint density at radius 1 is 0.652 bits per heavy atom. The fourth-order valence-electron chi connectivity index (χ4n) is 7.38. The number of hydrogen-bond donors (Lipinski definition) is 0. The zero-order chi connectivity index (χ0) is 31.7. The largest absolute Gasteiger partial charge is 0.455 e. The van der Waals surface area contributed by atoms with E-state index in [9.17, 15) is 9.59 Å². The van der Waals surface area contributed by atoms with Crippen molar-refractivity contribution in [1.29, 1.82) is 0 Å². The minimum Gasteiger partial charge on any atom is -0.455 e. The molecule has 2 aromatic heterocycles. The molecule has 1 aliphatic carbocycles. The molecule has 0 spiro atoms. The minimum absolute atomic E-state index is 0.115. The highest BCUT2D eigenvalue weighted by Gasteiger charge is 2.27. The molecule has 1 aliphatic rings. The van der Waals surface area contributed by atoms with Crippen LogP contribution in [0.3, 0.4) is 0 Å².